The third kappa shape index (κ3) is 1.88. The Kier molecular flexibility index (Phi) is 2.81. The lowest BCUT2D eigenvalue weighted by Gasteiger charge is -2.02. The SMILES string of the molecule is [CH2]Cc1nn(Cc2ccccn2)c2ccccc12. The lowest BCUT2D eigenvalue weighted by Crippen LogP contribution is -2.03. The molecule has 3 heteroatoms. The molecule has 2 aromatic heterocycles. The second kappa shape index (κ2) is 4.61. The van der Waals surface area contributed by atoms with Crippen molar-refractivity contribution in [3.63, 3.8) is 0 Å². The number of rotatable bonds is 3. The zero-order valence-corrected chi connectivity index (χ0v) is 10.1. The summed E-state index contributed by atoms with van der Waals surface area (Å²) in [4.78, 5) is 4.34. The average molecular weight is 236 g/mol. The van der Waals surface area contributed by atoms with Crippen molar-refractivity contribution in [1.29, 1.82) is 0 Å². The van der Waals surface area contributed by atoms with Gasteiger partial charge in [0.05, 0.1) is 23.4 Å². The van der Waals surface area contributed by atoms with Gasteiger partial charge in [-0.1, -0.05) is 24.3 Å². The summed E-state index contributed by atoms with van der Waals surface area (Å²) in [5.74, 6) is 0. The van der Waals surface area contributed by atoms with E-state index in [0.29, 0.717) is 13.0 Å². The second-order valence-corrected chi connectivity index (χ2v) is 4.19. The van der Waals surface area contributed by atoms with Crippen LogP contribution in [-0.2, 0) is 13.0 Å². The Morgan fingerprint density at radius 3 is 2.67 bits per heavy atom. The van der Waals surface area contributed by atoms with E-state index in [1.54, 1.807) is 0 Å². The predicted molar refractivity (Wildman–Crippen MR) is 72.1 cm³/mol. The molecule has 18 heavy (non-hydrogen) atoms. The Bertz CT molecular complexity index is 656. The third-order valence-corrected chi connectivity index (χ3v) is 3.01. The van der Waals surface area contributed by atoms with Crippen LogP contribution in [-0.4, -0.2) is 14.8 Å². The highest BCUT2D eigenvalue weighted by molar-refractivity contribution is 5.82. The first-order chi connectivity index (χ1) is 8.88. The van der Waals surface area contributed by atoms with E-state index < -0.39 is 0 Å². The number of hydrogen-bond acceptors (Lipinski definition) is 2. The lowest BCUT2D eigenvalue weighted by atomic mass is 10.2. The smallest absolute Gasteiger partial charge is 0.0838 e. The lowest BCUT2D eigenvalue weighted by molar-refractivity contribution is 0.685. The molecular formula is C15H14N3. The normalized spacial score (nSPS) is 10.9. The number of fused-ring (bicyclic) bond motifs is 1. The van der Waals surface area contributed by atoms with E-state index >= 15 is 0 Å². The second-order valence-electron chi connectivity index (χ2n) is 4.19. The summed E-state index contributed by atoms with van der Waals surface area (Å²) in [5.41, 5.74) is 3.20. The molecule has 0 fully saturated rings. The van der Waals surface area contributed by atoms with Crippen molar-refractivity contribution in [2.45, 2.75) is 13.0 Å². The van der Waals surface area contributed by atoms with Gasteiger partial charge in [-0.05, 0) is 31.5 Å². The molecule has 0 saturated heterocycles. The van der Waals surface area contributed by atoms with Crippen molar-refractivity contribution < 1.29 is 0 Å². The molecule has 0 saturated carbocycles. The molecule has 3 aromatic rings. The van der Waals surface area contributed by atoms with E-state index in [0.717, 1.165) is 16.9 Å². The van der Waals surface area contributed by atoms with Crippen molar-refractivity contribution in [2.75, 3.05) is 0 Å². The fraction of sp³-hybridized carbons (Fsp3) is 0.133. The van der Waals surface area contributed by atoms with Crippen molar-refractivity contribution in [3.05, 3.63) is 67.0 Å². The molecule has 3 nitrogen and oxygen atoms in total. The van der Waals surface area contributed by atoms with Gasteiger partial charge in [0.25, 0.3) is 0 Å². The largest absolute Gasteiger partial charge is 0.259 e. The molecule has 0 bridgehead atoms. The van der Waals surface area contributed by atoms with Crippen LogP contribution in [0.3, 0.4) is 0 Å². The maximum atomic E-state index is 4.62. The highest BCUT2D eigenvalue weighted by atomic mass is 15.3. The summed E-state index contributed by atoms with van der Waals surface area (Å²) in [7, 11) is 0. The van der Waals surface area contributed by atoms with Crippen LogP contribution >= 0.6 is 0 Å². The van der Waals surface area contributed by atoms with Crippen LogP contribution in [0.15, 0.2) is 48.7 Å². The van der Waals surface area contributed by atoms with Crippen LogP contribution in [0, 0.1) is 6.92 Å². The molecular weight excluding hydrogens is 222 g/mol. The molecule has 3 rings (SSSR count). The highest BCUT2D eigenvalue weighted by Crippen LogP contribution is 2.19. The molecule has 0 N–H and O–H groups in total. The maximum Gasteiger partial charge on any atom is 0.0838 e. The minimum absolute atomic E-state index is 0.696. The van der Waals surface area contributed by atoms with Gasteiger partial charge in [0.15, 0.2) is 0 Å². The molecule has 0 aliphatic rings. The number of para-hydroxylation sites is 1. The molecule has 0 spiro atoms. The standard InChI is InChI=1S/C15H14N3/c1-2-14-13-8-3-4-9-15(13)18(17-14)11-12-7-5-6-10-16-12/h3-10H,1-2,11H2. The van der Waals surface area contributed by atoms with Crippen LogP contribution < -0.4 is 0 Å². The zero-order chi connectivity index (χ0) is 12.4. The van der Waals surface area contributed by atoms with Gasteiger partial charge < -0.3 is 0 Å². The van der Waals surface area contributed by atoms with Gasteiger partial charge in [0, 0.05) is 11.6 Å². The Labute approximate surface area is 106 Å². The number of aromatic nitrogens is 3. The van der Waals surface area contributed by atoms with Crippen LogP contribution in [0.2, 0.25) is 0 Å². The molecule has 2 heterocycles. The summed E-state index contributed by atoms with van der Waals surface area (Å²) in [6.45, 7) is 4.63. The topological polar surface area (TPSA) is 30.7 Å². The van der Waals surface area contributed by atoms with Crippen molar-refractivity contribution in [3.8, 4) is 0 Å². The van der Waals surface area contributed by atoms with Crippen LogP contribution in [0.4, 0.5) is 0 Å². The number of nitrogens with zero attached hydrogens (tertiary/aromatic N) is 3. The minimum Gasteiger partial charge on any atom is -0.259 e. The van der Waals surface area contributed by atoms with Gasteiger partial charge in [-0.15, -0.1) is 0 Å². The Balaban J connectivity index is 2.07. The fourth-order valence-electron chi connectivity index (χ4n) is 2.15. The third-order valence-electron chi connectivity index (χ3n) is 3.01. The van der Waals surface area contributed by atoms with Crippen molar-refractivity contribution in [1.82, 2.24) is 14.8 Å². The molecule has 0 amide bonds. The van der Waals surface area contributed by atoms with Crippen LogP contribution in [0.5, 0.6) is 0 Å². The molecule has 0 atom stereocenters. The van der Waals surface area contributed by atoms with Gasteiger partial charge in [0.2, 0.25) is 0 Å². The highest BCUT2D eigenvalue weighted by Gasteiger charge is 2.08. The molecule has 0 aliphatic heterocycles. The van der Waals surface area contributed by atoms with E-state index in [-0.39, 0.29) is 0 Å². The molecule has 0 aliphatic carbocycles. The molecule has 1 aromatic carbocycles. The summed E-state index contributed by atoms with van der Waals surface area (Å²) in [5, 5.41) is 5.80. The molecule has 0 unspecified atom stereocenters. The van der Waals surface area contributed by atoms with Gasteiger partial charge in [0.1, 0.15) is 0 Å². The molecule has 89 valence electrons. The van der Waals surface area contributed by atoms with Gasteiger partial charge in [-0.3, -0.25) is 9.67 Å². The van der Waals surface area contributed by atoms with E-state index in [4.69, 9.17) is 0 Å². The van der Waals surface area contributed by atoms with Crippen molar-refractivity contribution >= 4 is 10.9 Å². The van der Waals surface area contributed by atoms with E-state index in [1.165, 1.54) is 5.39 Å². The number of benzene rings is 1. The number of pyridine rings is 1. The van der Waals surface area contributed by atoms with E-state index in [1.807, 2.05) is 41.2 Å². The Morgan fingerprint density at radius 1 is 1.06 bits per heavy atom. The van der Waals surface area contributed by atoms with Gasteiger partial charge in [-0.2, -0.15) is 5.10 Å². The zero-order valence-electron chi connectivity index (χ0n) is 10.1. The van der Waals surface area contributed by atoms with E-state index in [9.17, 15) is 0 Å². The monoisotopic (exact) mass is 236 g/mol. The summed E-state index contributed by atoms with van der Waals surface area (Å²) in [6, 6.07) is 14.2. The minimum atomic E-state index is 0.696. The van der Waals surface area contributed by atoms with Crippen LogP contribution in [0.1, 0.15) is 11.4 Å². The maximum absolute atomic E-state index is 4.62. The van der Waals surface area contributed by atoms with Crippen molar-refractivity contribution in [2.24, 2.45) is 0 Å². The summed E-state index contributed by atoms with van der Waals surface area (Å²) < 4.78 is 2.00. The van der Waals surface area contributed by atoms with Crippen LogP contribution in [0.25, 0.3) is 10.9 Å². The molecule has 1 radical (unpaired) electrons. The predicted octanol–water partition coefficient (Wildman–Crippen LogP) is 2.86. The van der Waals surface area contributed by atoms with Gasteiger partial charge in [-0.25, -0.2) is 0 Å². The first-order valence-corrected chi connectivity index (χ1v) is 6.02. The average Bonchev–Trinajstić information content (AvgIpc) is 2.78. The van der Waals surface area contributed by atoms with Gasteiger partial charge >= 0.3 is 0 Å². The summed E-state index contributed by atoms with van der Waals surface area (Å²) >= 11 is 0. The first-order valence-electron chi connectivity index (χ1n) is 6.02. The Hall–Kier alpha value is -2.16. The quantitative estimate of drug-likeness (QED) is 0.700. The van der Waals surface area contributed by atoms with E-state index in [2.05, 4.69) is 29.1 Å². The first kappa shape index (κ1) is 11.0. The number of hydrogen-bond donors (Lipinski definition) is 0. The fourth-order valence-corrected chi connectivity index (χ4v) is 2.15. The summed E-state index contributed by atoms with van der Waals surface area (Å²) in [6.07, 6.45) is 2.51. The Morgan fingerprint density at radius 2 is 1.89 bits per heavy atom.